The van der Waals surface area contributed by atoms with Crippen molar-refractivity contribution in [2.24, 2.45) is 52.3 Å². The Morgan fingerprint density at radius 2 is 1.01 bits per heavy atom. The molecule has 0 bridgehead atoms. The summed E-state index contributed by atoms with van der Waals surface area (Å²) in [5.74, 6) is 0.388. The van der Waals surface area contributed by atoms with Gasteiger partial charge in [-0.15, -0.1) is 0 Å². The summed E-state index contributed by atoms with van der Waals surface area (Å²) in [5.41, 5.74) is -0.531. The lowest BCUT2D eigenvalue weighted by molar-refractivity contribution is -0.410. The third kappa shape index (κ3) is 11.3. The normalized spacial score (nSPS) is 58.1. The van der Waals surface area contributed by atoms with Gasteiger partial charge in [0.1, 0.15) is 116 Å². The lowest BCUT2D eigenvalue weighted by atomic mass is 9.44. The second-order valence-electron chi connectivity index (χ2n) is 26.9. The van der Waals surface area contributed by atoms with Crippen molar-refractivity contribution in [3.63, 3.8) is 0 Å². The van der Waals surface area contributed by atoms with Crippen LogP contribution in [0.4, 0.5) is 0 Å². The van der Waals surface area contributed by atoms with E-state index in [1.54, 1.807) is 0 Å². The summed E-state index contributed by atoms with van der Waals surface area (Å²) >= 11 is 0. The van der Waals surface area contributed by atoms with Crippen LogP contribution in [0.3, 0.4) is 0 Å². The topological polar surface area (TPSA) is 455 Å². The molecule has 0 radical (unpaired) electrons. The molecule has 30 unspecified atom stereocenters. The molecule has 490 valence electrons. The van der Waals surface area contributed by atoms with Gasteiger partial charge in [0.15, 0.2) is 37.2 Å². The highest BCUT2D eigenvalue weighted by Gasteiger charge is 2.73. The van der Waals surface area contributed by atoms with E-state index in [1.807, 2.05) is 0 Å². The van der Waals surface area contributed by atoms with Crippen LogP contribution >= 0.6 is 0 Å². The van der Waals surface area contributed by atoms with Crippen LogP contribution in [0.25, 0.3) is 0 Å². The molecule has 0 aromatic rings. The number of hydrogen-bond donors (Lipinski definition) is 17. The van der Waals surface area contributed by atoms with E-state index in [2.05, 4.69) is 27.7 Å². The molecule has 17 N–H and O–H groups in total. The van der Waals surface area contributed by atoms with Crippen molar-refractivity contribution in [3.8, 4) is 0 Å². The van der Waals surface area contributed by atoms with Crippen LogP contribution in [-0.4, -0.2) is 304 Å². The number of ether oxygens (including phenoxy) is 12. The minimum Gasteiger partial charge on any atom is -0.394 e. The van der Waals surface area contributed by atoms with Gasteiger partial charge in [0.05, 0.1) is 64.1 Å². The molecular weight excluding hydrogens is 1140 g/mol. The van der Waals surface area contributed by atoms with Gasteiger partial charge in [0.25, 0.3) is 0 Å². The Balaban J connectivity index is 0.797. The first kappa shape index (κ1) is 65.3. The van der Waals surface area contributed by atoms with Crippen molar-refractivity contribution < 1.29 is 144 Å². The van der Waals surface area contributed by atoms with Crippen LogP contribution in [-0.2, 0) is 56.8 Å². The average Bonchev–Trinajstić information content (AvgIpc) is 1.59. The number of rotatable bonds is 14. The van der Waals surface area contributed by atoms with Gasteiger partial charge in [-0.05, 0) is 85.4 Å². The Labute approximate surface area is 491 Å². The molecular formula is C56H92O29. The van der Waals surface area contributed by atoms with Gasteiger partial charge in [-0.2, -0.15) is 0 Å². The average molecular weight is 1230 g/mol. The van der Waals surface area contributed by atoms with E-state index in [-0.39, 0.29) is 52.4 Å². The van der Waals surface area contributed by atoms with Crippen LogP contribution in [0.5, 0.6) is 0 Å². The molecule has 29 heteroatoms. The van der Waals surface area contributed by atoms with E-state index in [9.17, 15) is 86.8 Å². The van der Waals surface area contributed by atoms with Crippen LogP contribution in [0.2, 0.25) is 0 Å². The zero-order valence-electron chi connectivity index (χ0n) is 48.1. The van der Waals surface area contributed by atoms with E-state index < -0.39 is 205 Å². The second kappa shape index (κ2) is 25.4. The first-order chi connectivity index (χ1) is 40.3. The number of aliphatic hydroxyl groups excluding tert-OH is 17. The van der Waals surface area contributed by atoms with Crippen molar-refractivity contribution >= 4 is 0 Å². The summed E-state index contributed by atoms with van der Waals surface area (Å²) in [4.78, 5) is 0. The summed E-state index contributed by atoms with van der Waals surface area (Å²) < 4.78 is 72.8. The maximum Gasteiger partial charge on any atom is 0.187 e. The van der Waals surface area contributed by atoms with Gasteiger partial charge in [0.2, 0.25) is 0 Å². The summed E-state index contributed by atoms with van der Waals surface area (Å²) in [6.45, 7) is 5.21. The predicted molar refractivity (Wildman–Crippen MR) is 278 cm³/mol. The fourth-order valence-corrected chi connectivity index (χ4v) is 17.4. The molecule has 11 rings (SSSR count). The molecule has 0 aromatic carbocycles. The van der Waals surface area contributed by atoms with Crippen molar-refractivity contribution in [2.45, 2.75) is 257 Å². The Morgan fingerprint density at radius 1 is 0.447 bits per heavy atom. The summed E-state index contributed by atoms with van der Waals surface area (Å²) in [6, 6.07) is 0. The Bertz CT molecular complexity index is 2220. The molecule has 38 atom stereocenters. The van der Waals surface area contributed by atoms with Gasteiger partial charge >= 0.3 is 0 Å². The first-order valence-corrected chi connectivity index (χ1v) is 30.5. The SMILES string of the molecule is C[C@@H]1CCC2(OC1)O[C@H]1C(O)C3C4CCC5C[C@@H](OC6OC(CO)C(OC7OC(CO)C(O)C(OC8OCC(O)C(O)C8O)C7OC7OC(CO)C(O)C(OC8OC(CO)C(O)C(O)C8O)C7O)C(O)C6O)[C@H](O)C[C@]5(C)C4CC[C@]3(C)[C@H]1[C@@H]2C. The van der Waals surface area contributed by atoms with E-state index in [4.69, 9.17) is 56.8 Å². The highest BCUT2D eigenvalue weighted by molar-refractivity contribution is 5.19. The van der Waals surface area contributed by atoms with Crippen LogP contribution in [0.1, 0.15) is 79.1 Å². The maximum absolute atomic E-state index is 12.3. The van der Waals surface area contributed by atoms with E-state index in [0.717, 1.165) is 38.5 Å². The molecule has 11 fully saturated rings. The van der Waals surface area contributed by atoms with E-state index in [1.165, 1.54) is 0 Å². The van der Waals surface area contributed by atoms with Gasteiger partial charge < -0.3 is 144 Å². The molecule has 4 aliphatic carbocycles. The largest absolute Gasteiger partial charge is 0.394 e. The first-order valence-electron chi connectivity index (χ1n) is 30.5. The van der Waals surface area contributed by atoms with Crippen molar-refractivity contribution in [2.75, 3.05) is 39.6 Å². The second-order valence-corrected chi connectivity index (χ2v) is 26.9. The number of fused-ring (bicyclic) bond motifs is 7. The number of aliphatic hydroxyl groups is 17. The molecule has 1 spiro atoms. The summed E-state index contributed by atoms with van der Waals surface area (Å²) in [5, 5.41) is 188. The van der Waals surface area contributed by atoms with Crippen molar-refractivity contribution in [1.29, 1.82) is 0 Å². The van der Waals surface area contributed by atoms with Crippen LogP contribution in [0, 0.1) is 52.3 Å². The van der Waals surface area contributed by atoms with Gasteiger partial charge in [-0.25, -0.2) is 0 Å². The van der Waals surface area contributed by atoms with E-state index in [0.29, 0.717) is 25.4 Å². The van der Waals surface area contributed by atoms with Crippen LogP contribution < -0.4 is 0 Å². The molecule has 29 nitrogen and oxygen atoms in total. The molecule has 11 aliphatic rings. The van der Waals surface area contributed by atoms with Gasteiger partial charge in [-0.1, -0.05) is 27.7 Å². The summed E-state index contributed by atoms with van der Waals surface area (Å²) in [7, 11) is 0. The zero-order chi connectivity index (χ0) is 61.1. The quantitative estimate of drug-likeness (QED) is 0.0719. The molecule has 0 amide bonds. The zero-order valence-corrected chi connectivity index (χ0v) is 48.1. The van der Waals surface area contributed by atoms with Crippen molar-refractivity contribution in [3.05, 3.63) is 0 Å². The third-order valence-electron chi connectivity index (χ3n) is 22.2. The fourth-order valence-electron chi connectivity index (χ4n) is 17.4. The predicted octanol–water partition coefficient (Wildman–Crippen LogP) is -6.50. The standard InChI is InChI=1S/C56H92O29/c1-19-7-10-56(75-17-19)20(2)31-45(85-56)37(67)32-22-6-5-21-11-26(24(61)12-55(21,4)23(22)8-9-54(31,32)3)76-50-42(72)39(69)44(30(16-60)80-50)81-53-48(47(36(66)29(15-59)79-53)83-49-40(70)33(63)25(62)18-74-49)84-52-43(73)46(35(65)28(14-58)78-52)82-51-41(71)38(68)34(64)27(13-57)77-51/h19-53,57-73H,5-18H2,1-4H3/t19-,20+,21?,22?,23?,24-,25?,26-,27?,28?,29?,30?,31+,32?,33?,34?,35?,36?,37?,38?,39?,40?,41?,42?,43?,44?,45-,46?,47?,48?,49?,50?,51?,52?,53?,54-,55+,56?/m1/s1. The minimum atomic E-state index is -2.21. The molecule has 7 saturated heterocycles. The van der Waals surface area contributed by atoms with Crippen LogP contribution in [0.15, 0.2) is 0 Å². The van der Waals surface area contributed by atoms with E-state index >= 15 is 0 Å². The lowest BCUT2D eigenvalue weighted by Crippen LogP contribution is -2.69. The maximum atomic E-state index is 12.3. The molecule has 4 saturated carbocycles. The van der Waals surface area contributed by atoms with Gasteiger partial charge in [-0.3, -0.25) is 0 Å². The Hall–Kier alpha value is -1.16. The highest BCUT2D eigenvalue weighted by Crippen LogP contribution is 2.71. The molecule has 7 heterocycles. The van der Waals surface area contributed by atoms with Gasteiger partial charge in [0, 0.05) is 18.3 Å². The molecule has 7 aliphatic heterocycles. The third-order valence-corrected chi connectivity index (χ3v) is 22.2. The Morgan fingerprint density at radius 3 is 1.67 bits per heavy atom. The lowest BCUT2D eigenvalue weighted by Gasteiger charge is -2.62. The summed E-state index contributed by atoms with van der Waals surface area (Å²) in [6.07, 6.45) is -42.5. The molecule has 85 heavy (non-hydrogen) atoms. The number of hydrogen-bond acceptors (Lipinski definition) is 29. The highest BCUT2D eigenvalue weighted by atomic mass is 16.8. The monoisotopic (exact) mass is 1230 g/mol. The molecule has 0 aromatic heterocycles. The smallest absolute Gasteiger partial charge is 0.187 e. The fraction of sp³-hybridized carbons (Fsp3) is 1.00. The minimum absolute atomic E-state index is 0.00749. The van der Waals surface area contributed by atoms with Crippen molar-refractivity contribution in [1.82, 2.24) is 0 Å². The Kier molecular flexibility index (Phi) is 19.5.